The Morgan fingerprint density at radius 3 is 2.88 bits per heavy atom. The third kappa shape index (κ3) is 3.06. The second-order valence-electron chi connectivity index (χ2n) is 4.96. The number of nitrogens with zero attached hydrogens (tertiary/aromatic N) is 2. The lowest BCUT2D eigenvalue weighted by Gasteiger charge is -2.17. The van der Waals surface area contributed by atoms with Crippen molar-refractivity contribution in [1.29, 1.82) is 0 Å². The normalized spacial score (nSPS) is 23.2. The van der Waals surface area contributed by atoms with Crippen LogP contribution in [-0.4, -0.2) is 34.8 Å². The highest BCUT2D eigenvalue weighted by Gasteiger charge is 2.32. The fraction of sp³-hybridized carbons (Fsp3) is 0.750. The van der Waals surface area contributed by atoms with Crippen molar-refractivity contribution in [1.82, 2.24) is 15.1 Å². The van der Waals surface area contributed by atoms with Crippen LogP contribution in [0.3, 0.4) is 0 Å². The third-order valence-electron chi connectivity index (χ3n) is 3.09. The molecule has 0 spiro atoms. The van der Waals surface area contributed by atoms with Crippen LogP contribution in [0.5, 0.6) is 0 Å². The first kappa shape index (κ1) is 12.5. The van der Waals surface area contributed by atoms with Gasteiger partial charge in [-0.15, -0.1) is 0 Å². The molecule has 1 atom stereocenters. The molecular formula is C12H21N3O2. The molecule has 0 saturated carbocycles. The van der Waals surface area contributed by atoms with Gasteiger partial charge in [-0.2, -0.15) is 5.10 Å². The minimum absolute atomic E-state index is 0.141. The number of nitrogens with one attached hydrogen (secondary N) is 1. The van der Waals surface area contributed by atoms with Gasteiger partial charge in [0.15, 0.2) is 5.79 Å². The molecule has 17 heavy (non-hydrogen) atoms. The molecule has 1 aromatic rings. The van der Waals surface area contributed by atoms with Crippen LogP contribution >= 0.6 is 0 Å². The van der Waals surface area contributed by atoms with Crippen molar-refractivity contribution in [2.45, 2.75) is 39.2 Å². The molecule has 1 unspecified atom stereocenters. The first-order valence-corrected chi connectivity index (χ1v) is 5.98. The Morgan fingerprint density at radius 1 is 1.59 bits per heavy atom. The number of hydrogen-bond donors (Lipinski definition) is 1. The Kier molecular flexibility index (Phi) is 3.51. The van der Waals surface area contributed by atoms with E-state index < -0.39 is 5.79 Å². The van der Waals surface area contributed by atoms with E-state index in [1.807, 2.05) is 31.8 Å². The predicted octanol–water partition coefficient (Wildman–Crippen LogP) is 0.970. The molecular weight excluding hydrogens is 218 g/mol. The van der Waals surface area contributed by atoms with Gasteiger partial charge in [-0.1, -0.05) is 0 Å². The number of aromatic nitrogens is 2. The molecule has 1 saturated heterocycles. The average molecular weight is 239 g/mol. The molecule has 0 bridgehead atoms. The SMILES string of the molecule is Cc1c(CNCC2COC(C)(C)O2)cnn1C. The molecule has 1 aliphatic rings. The lowest BCUT2D eigenvalue weighted by atomic mass is 10.2. The van der Waals surface area contributed by atoms with E-state index in [0.717, 1.165) is 13.1 Å². The summed E-state index contributed by atoms with van der Waals surface area (Å²) in [5.41, 5.74) is 2.42. The lowest BCUT2D eigenvalue weighted by molar-refractivity contribution is -0.137. The molecule has 2 rings (SSSR count). The summed E-state index contributed by atoms with van der Waals surface area (Å²) in [5, 5.41) is 7.59. The Bertz CT molecular complexity index is 387. The molecule has 5 heteroatoms. The summed E-state index contributed by atoms with van der Waals surface area (Å²) >= 11 is 0. The third-order valence-corrected chi connectivity index (χ3v) is 3.09. The van der Waals surface area contributed by atoms with Crippen LogP contribution in [0.4, 0.5) is 0 Å². The fourth-order valence-corrected chi connectivity index (χ4v) is 1.95. The highest BCUT2D eigenvalue weighted by atomic mass is 16.7. The van der Waals surface area contributed by atoms with E-state index in [-0.39, 0.29) is 6.10 Å². The standard InChI is InChI=1S/C12H21N3O2/c1-9-10(6-14-15(9)4)5-13-7-11-8-16-12(2,3)17-11/h6,11,13H,5,7-8H2,1-4H3. The van der Waals surface area contributed by atoms with Gasteiger partial charge in [-0.25, -0.2) is 0 Å². The van der Waals surface area contributed by atoms with Gasteiger partial charge in [0.1, 0.15) is 0 Å². The first-order chi connectivity index (χ1) is 7.98. The summed E-state index contributed by atoms with van der Waals surface area (Å²) in [5.74, 6) is -0.434. The van der Waals surface area contributed by atoms with Crippen LogP contribution in [0.1, 0.15) is 25.1 Å². The van der Waals surface area contributed by atoms with E-state index in [2.05, 4.69) is 17.3 Å². The Morgan fingerprint density at radius 2 is 2.35 bits per heavy atom. The molecule has 0 aromatic carbocycles. The van der Waals surface area contributed by atoms with Crippen molar-refractivity contribution in [2.24, 2.45) is 7.05 Å². The Hall–Kier alpha value is -0.910. The summed E-state index contributed by atoms with van der Waals surface area (Å²) in [4.78, 5) is 0. The number of rotatable bonds is 4. The average Bonchev–Trinajstić information content (AvgIpc) is 2.75. The molecule has 0 radical (unpaired) electrons. The summed E-state index contributed by atoms with van der Waals surface area (Å²) in [6.07, 6.45) is 2.04. The number of aryl methyl sites for hydroxylation is 1. The first-order valence-electron chi connectivity index (χ1n) is 5.98. The zero-order valence-corrected chi connectivity index (χ0v) is 11.0. The predicted molar refractivity (Wildman–Crippen MR) is 64.6 cm³/mol. The van der Waals surface area contributed by atoms with Crippen molar-refractivity contribution < 1.29 is 9.47 Å². The number of hydrogen-bond acceptors (Lipinski definition) is 4. The van der Waals surface area contributed by atoms with E-state index in [9.17, 15) is 0 Å². The van der Waals surface area contributed by atoms with Crippen molar-refractivity contribution in [3.05, 3.63) is 17.5 Å². The van der Waals surface area contributed by atoms with Crippen molar-refractivity contribution in [2.75, 3.05) is 13.2 Å². The van der Waals surface area contributed by atoms with Gasteiger partial charge in [-0.3, -0.25) is 4.68 Å². The van der Waals surface area contributed by atoms with Crippen molar-refractivity contribution in [3.8, 4) is 0 Å². The van der Waals surface area contributed by atoms with E-state index in [1.165, 1.54) is 11.3 Å². The molecule has 5 nitrogen and oxygen atoms in total. The van der Waals surface area contributed by atoms with Crippen LogP contribution in [0.15, 0.2) is 6.20 Å². The maximum Gasteiger partial charge on any atom is 0.163 e. The Balaban J connectivity index is 1.75. The maximum absolute atomic E-state index is 5.72. The van der Waals surface area contributed by atoms with E-state index >= 15 is 0 Å². The van der Waals surface area contributed by atoms with Crippen LogP contribution in [0.25, 0.3) is 0 Å². The second kappa shape index (κ2) is 4.76. The zero-order valence-electron chi connectivity index (χ0n) is 11.0. The van der Waals surface area contributed by atoms with Gasteiger partial charge in [-0.05, 0) is 20.8 Å². The minimum atomic E-state index is -0.434. The zero-order chi connectivity index (χ0) is 12.5. The van der Waals surface area contributed by atoms with Gasteiger partial charge in [0, 0.05) is 31.4 Å². The minimum Gasteiger partial charge on any atom is -0.348 e. The van der Waals surface area contributed by atoms with Gasteiger partial charge in [0.2, 0.25) is 0 Å². The van der Waals surface area contributed by atoms with Crippen LogP contribution < -0.4 is 5.32 Å². The lowest BCUT2D eigenvalue weighted by Crippen LogP contribution is -2.30. The summed E-state index contributed by atoms with van der Waals surface area (Å²) in [6.45, 7) is 8.24. The molecule has 1 N–H and O–H groups in total. The van der Waals surface area contributed by atoms with Crippen molar-refractivity contribution in [3.63, 3.8) is 0 Å². The monoisotopic (exact) mass is 239 g/mol. The molecule has 1 fully saturated rings. The quantitative estimate of drug-likeness (QED) is 0.850. The Labute approximate surface area is 102 Å². The molecule has 96 valence electrons. The van der Waals surface area contributed by atoms with Crippen molar-refractivity contribution >= 4 is 0 Å². The topological polar surface area (TPSA) is 48.3 Å². The van der Waals surface area contributed by atoms with E-state index in [4.69, 9.17) is 9.47 Å². The fourth-order valence-electron chi connectivity index (χ4n) is 1.95. The largest absolute Gasteiger partial charge is 0.348 e. The van der Waals surface area contributed by atoms with Gasteiger partial charge < -0.3 is 14.8 Å². The maximum atomic E-state index is 5.72. The second-order valence-corrected chi connectivity index (χ2v) is 4.96. The molecule has 0 amide bonds. The van der Waals surface area contributed by atoms with Crippen LogP contribution in [-0.2, 0) is 23.1 Å². The van der Waals surface area contributed by atoms with Gasteiger partial charge in [0.25, 0.3) is 0 Å². The summed E-state index contributed by atoms with van der Waals surface area (Å²) < 4.78 is 13.1. The number of ether oxygens (including phenoxy) is 2. The van der Waals surface area contributed by atoms with E-state index in [1.54, 1.807) is 0 Å². The van der Waals surface area contributed by atoms with E-state index in [0.29, 0.717) is 6.61 Å². The summed E-state index contributed by atoms with van der Waals surface area (Å²) in [6, 6.07) is 0. The van der Waals surface area contributed by atoms with Crippen LogP contribution in [0.2, 0.25) is 0 Å². The van der Waals surface area contributed by atoms with Gasteiger partial charge >= 0.3 is 0 Å². The molecule has 1 aliphatic heterocycles. The van der Waals surface area contributed by atoms with Crippen LogP contribution in [0, 0.1) is 6.92 Å². The smallest absolute Gasteiger partial charge is 0.163 e. The molecule has 0 aliphatic carbocycles. The van der Waals surface area contributed by atoms with Gasteiger partial charge in [0.05, 0.1) is 18.9 Å². The highest BCUT2D eigenvalue weighted by Crippen LogP contribution is 2.21. The molecule has 1 aromatic heterocycles. The summed E-state index contributed by atoms with van der Waals surface area (Å²) in [7, 11) is 1.95. The molecule has 2 heterocycles. The highest BCUT2D eigenvalue weighted by molar-refractivity contribution is 5.15.